The van der Waals surface area contributed by atoms with Gasteiger partial charge in [-0.05, 0) is 25.0 Å². The van der Waals surface area contributed by atoms with Crippen molar-refractivity contribution in [1.29, 1.82) is 0 Å². The maximum absolute atomic E-state index is 11.8. The molecule has 7 N–H and O–H groups in total. The molecule has 0 radical (unpaired) electrons. The summed E-state index contributed by atoms with van der Waals surface area (Å²) in [7, 11) is 0. The van der Waals surface area contributed by atoms with Gasteiger partial charge in [0.05, 0.1) is 11.3 Å². The van der Waals surface area contributed by atoms with Crippen molar-refractivity contribution in [3.8, 4) is 0 Å². The number of carbonyl (C=O) groups excluding carboxylic acids is 1. The summed E-state index contributed by atoms with van der Waals surface area (Å²) in [5, 5.41) is 20.9. The molecule has 0 aliphatic carbocycles. The monoisotopic (exact) mass is 420 g/mol. The van der Waals surface area contributed by atoms with Crippen molar-refractivity contribution in [3.63, 3.8) is 0 Å². The Morgan fingerprint density at radius 3 is 2.45 bits per heavy atom. The lowest BCUT2D eigenvalue weighted by Gasteiger charge is -2.03. The molecule has 0 saturated heterocycles. The number of aromatic nitrogens is 2. The van der Waals surface area contributed by atoms with E-state index >= 15 is 0 Å². The molecule has 0 aliphatic rings. The van der Waals surface area contributed by atoms with Crippen LogP contribution < -0.4 is 16.8 Å². The van der Waals surface area contributed by atoms with Crippen LogP contribution in [0.15, 0.2) is 47.1 Å². The lowest BCUT2D eigenvalue weighted by Crippen LogP contribution is -2.24. The predicted octanol–water partition coefficient (Wildman–Crippen LogP) is 0.517. The van der Waals surface area contributed by atoms with Gasteiger partial charge >= 0.3 is 11.9 Å². The number of aliphatic imine (C=N–C) groups is 1. The first-order valence-electron chi connectivity index (χ1n) is 8.14. The van der Waals surface area contributed by atoms with Gasteiger partial charge in [0.1, 0.15) is 0 Å². The summed E-state index contributed by atoms with van der Waals surface area (Å²) in [5.41, 5.74) is 12.0. The molecule has 0 bridgehead atoms. The molecule has 11 nitrogen and oxygen atoms in total. The number of guanidine groups is 1. The zero-order valence-corrected chi connectivity index (χ0v) is 16.0. The van der Waals surface area contributed by atoms with Crippen molar-refractivity contribution < 1.29 is 24.6 Å². The van der Waals surface area contributed by atoms with Gasteiger partial charge in [-0.3, -0.25) is 9.78 Å². The summed E-state index contributed by atoms with van der Waals surface area (Å²) in [6.07, 6.45) is 5.83. The first-order valence-corrected chi connectivity index (χ1v) is 9.02. The smallest absolute Gasteiger partial charge is 0.328 e. The number of nitrogens with zero attached hydrogens (tertiary/aromatic N) is 3. The number of amides is 1. The number of hydrogen-bond donors (Lipinski definition) is 5. The maximum Gasteiger partial charge on any atom is 0.328 e. The summed E-state index contributed by atoms with van der Waals surface area (Å²) >= 11 is 1.38. The molecule has 29 heavy (non-hydrogen) atoms. The van der Waals surface area contributed by atoms with Crippen LogP contribution in [0.2, 0.25) is 0 Å². The van der Waals surface area contributed by atoms with E-state index in [1.807, 2.05) is 5.38 Å². The molecule has 0 spiro atoms. The Kier molecular flexibility index (Phi) is 10.1. The molecule has 2 aromatic heterocycles. The standard InChI is InChI=1S/C13H16N6OS.C4H4O4/c14-12(15)19-13-18-10(8-21-13)4-2-6-17-11(20)9-3-1-5-16-7-9;5-3(6)1-2-4(7)8/h1,3,5,7-8H,2,4,6H2,(H,17,20)(H4,14,15,18,19);1-2H,(H,5,6)(H,7,8). The molecule has 0 unspecified atom stereocenters. The van der Waals surface area contributed by atoms with Crippen LogP contribution in [0.1, 0.15) is 22.5 Å². The topological polar surface area (TPSA) is 194 Å². The fourth-order valence-corrected chi connectivity index (χ4v) is 2.53. The van der Waals surface area contributed by atoms with Crippen molar-refractivity contribution >= 4 is 40.3 Å². The van der Waals surface area contributed by atoms with Gasteiger partial charge in [0.2, 0.25) is 5.13 Å². The molecule has 0 aliphatic heterocycles. The normalized spacial score (nSPS) is 9.93. The predicted molar refractivity (Wildman–Crippen MR) is 107 cm³/mol. The molecule has 2 rings (SSSR count). The zero-order valence-electron chi connectivity index (χ0n) is 15.2. The van der Waals surface area contributed by atoms with E-state index in [0.29, 0.717) is 29.4 Å². The van der Waals surface area contributed by atoms with Crippen LogP contribution in [0.4, 0.5) is 5.13 Å². The Bertz CT molecular complexity index is 861. The molecule has 154 valence electrons. The van der Waals surface area contributed by atoms with Gasteiger partial charge in [0, 0.05) is 36.5 Å². The van der Waals surface area contributed by atoms with Crippen LogP contribution in [-0.4, -0.2) is 50.5 Å². The van der Waals surface area contributed by atoms with Gasteiger partial charge in [-0.2, -0.15) is 4.99 Å². The minimum atomic E-state index is -1.26. The molecule has 1 amide bonds. The van der Waals surface area contributed by atoms with Gasteiger partial charge in [-0.25, -0.2) is 14.6 Å². The molecule has 2 heterocycles. The molecular formula is C17H20N6O5S. The Morgan fingerprint density at radius 2 is 1.90 bits per heavy atom. The Morgan fingerprint density at radius 1 is 1.21 bits per heavy atom. The highest BCUT2D eigenvalue weighted by Gasteiger charge is 2.05. The SMILES string of the molecule is NC(N)=Nc1nc(CCCNC(=O)c2cccnc2)cs1.O=C(O)C=CC(=O)O. The van der Waals surface area contributed by atoms with Crippen LogP contribution in [0.5, 0.6) is 0 Å². The van der Waals surface area contributed by atoms with Crippen LogP contribution in [-0.2, 0) is 16.0 Å². The van der Waals surface area contributed by atoms with Crippen molar-refractivity contribution in [2.45, 2.75) is 12.8 Å². The third-order valence-corrected chi connectivity index (χ3v) is 3.74. The van der Waals surface area contributed by atoms with Gasteiger partial charge in [-0.15, -0.1) is 11.3 Å². The van der Waals surface area contributed by atoms with E-state index in [2.05, 4.69) is 20.3 Å². The first kappa shape index (κ1) is 23.2. The van der Waals surface area contributed by atoms with Crippen molar-refractivity contribution in [3.05, 3.63) is 53.3 Å². The van der Waals surface area contributed by atoms with Gasteiger partial charge in [-0.1, -0.05) is 0 Å². The van der Waals surface area contributed by atoms with E-state index in [4.69, 9.17) is 21.7 Å². The molecule has 12 heteroatoms. The number of carboxylic acid groups (broad SMARTS) is 2. The van der Waals surface area contributed by atoms with Gasteiger partial charge in [0.25, 0.3) is 5.91 Å². The molecular weight excluding hydrogens is 400 g/mol. The lowest BCUT2D eigenvalue weighted by atomic mass is 10.2. The minimum absolute atomic E-state index is 0.000339. The Hall–Kier alpha value is -3.80. The summed E-state index contributed by atoms with van der Waals surface area (Å²) in [6.45, 7) is 0.572. The first-order chi connectivity index (χ1) is 13.8. The third kappa shape index (κ3) is 10.8. The van der Waals surface area contributed by atoms with Crippen LogP contribution in [0.3, 0.4) is 0 Å². The number of thiazole rings is 1. The molecule has 0 fully saturated rings. The number of hydrogen-bond acceptors (Lipinski definition) is 7. The Labute approximate surface area is 169 Å². The second-order valence-electron chi connectivity index (χ2n) is 5.27. The van der Waals surface area contributed by atoms with Crippen molar-refractivity contribution in [1.82, 2.24) is 15.3 Å². The number of carbonyl (C=O) groups is 3. The van der Waals surface area contributed by atoms with Crippen molar-refractivity contribution in [2.24, 2.45) is 16.5 Å². The molecule has 0 aromatic carbocycles. The number of nitrogens with one attached hydrogen (secondary N) is 1. The van der Waals surface area contributed by atoms with E-state index in [1.165, 1.54) is 17.5 Å². The summed E-state index contributed by atoms with van der Waals surface area (Å²) in [4.78, 5) is 42.9. The fourth-order valence-electron chi connectivity index (χ4n) is 1.79. The average molecular weight is 420 g/mol. The summed E-state index contributed by atoms with van der Waals surface area (Å²) < 4.78 is 0. The summed E-state index contributed by atoms with van der Waals surface area (Å²) in [5.74, 6) is -2.64. The van der Waals surface area contributed by atoms with E-state index in [9.17, 15) is 14.4 Å². The number of nitrogens with two attached hydrogens (primary N) is 2. The largest absolute Gasteiger partial charge is 0.478 e. The fraction of sp³-hybridized carbons (Fsp3) is 0.176. The zero-order chi connectivity index (χ0) is 21.6. The van der Waals surface area contributed by atoms with Gasteiger partial charge in [0.15, 0.2) is 5.96 Å². The second kappa shape index (κ2) is 12.6. The second-order valence-corrected chi connectivity index (χ2v) is 6.11. The number of aliphatic carboxylic acids is 2. The lowest BCUT2D eigenvalue weighted by molar-refractivity contribution is -0.134. The van der Waals surface area contributed by atoms with Crippen LogP contribution >= 0.6 is 11.3 Å². The number of carboxylic acids is 2. The molecule has 2 aromatic rings. The Balaban J connectivity index is 0.000000447. The van der Waals surface area contributed by atoms with E-state index in [-0.39, 0.29) is 11.9 Å². The van der Waals surface area contributed by atoms with Crippen LogP contribution in [0, 0.1) is 0 Å². The minimum Gasteiger partial charge on any atom is -0.478 e. The number of pyridine rings is 1. The van der Waals surface area contributed by atoms with Crippen LogP contribution in [0.25, 0.3) is 0 Å². The number of aryl methyl sites for hydroxylation is 1. The molecule has 0 saturated carbocycles. The van der Waals surface area contributed by atoms with E-state index in [1.54, 1.807) is 18.3 Å². The average Bonchev–Trinajstić information content (AvgIpc) is 3.11. The maximum atomic E-state index is 11.8. The third-order valence-electron chi connectivity index (χ3n) is 2.95. The number of rotatable bonds is 8. The van der Waals surface area contributed by atoms with E-state index < -0.39 is 11.9 Å². The summed E-state index contributed by atoms with van der Waals surface area (Å²) in [6, 6.07) is 3.46. The molecule has 0 atom stereocenters. The highest BCUT2D eigenvalue weighted by molar-refractivity contribution is 7.13. The van der Waals surface area contributed by atoms with Gasteiger partial charge < -0.3 is 27.0 Å². The quantitative estimate of drug-likeness (QED) is 0.175. The van der Waals surface area contributed by atoms with E-state index in [0.717, 1.165) is 18.5 Å². The van der Waals surface area contributed by atoms with Crippen molar-refractivity contribution in [2.75, 3.05) is 6.54 Å². The highest BCUT2D eigenvalue weighted by Crippen LogP contribution is 2.19. The highest BCUT2D eigenvalue weighted by atomic mass is 32.1.